The summed E-state index contributed by atoms with van der Waals surface area (Å²) in [4.78, 5) is 13.6. The summed E-state index contributed by atoms with van der Waals surface area (Å²) in [5.41, 5.74) is 1.49. The number of hydrogen-bond donors (Lipinski definition) is 2. The number of likely N-dealkylation sites (N-methyl/N-ethyl adjacent to an activating group) is 1. The van der Waals surface area contributed by atoms with E-state index in [1.54, 1.807) is 11.1 Å². The Morgan fingerprint density at radius 1 is 1.64 bits per heavy atom. The van der Waals surface area contributed by atoms with Crippen molar-refractivity contribution in [2.45, 2.75) is 13.0 Å². The van der Waals surface area contributed by atoms with Crippen molar-refractivity contribution >= 4 is 5.91 Å². The molecule has 14 heavy (non-hydrogen) atoms. The third-order valence-electron chi connectivity index (χ3n) is 2.67. The number of nitrogens with zero attached hydrogens (tertiary/aromatic N) is 2. The Hall–Kier alpha value is -1.36. The van der Waals surface area contributed by atoms with Gasteiger partial charge in [0.15, 0.2) is 0 Å². The number of amides is 1. The highest BCUT2D eigenvalue weighted by atomic mass is 16.2. The highest BCUT2D eigenvalue weighted by molar-refractivity contribution is 5.93. The van der Waals surface area contributed by atoms with Gasteiger partial charge in [0, 0.05) is 20.1 Å². The zero-order valence-corrected chi connectivity index (χ0v) is 8.37. The number of aryl methyl sites for hydroxylation is 1. The summed E-state index contributed by atoms with van der Waals surface area (Å²) in [7, 11) is 1.83. The number of hydrogen-bond acceptors (Lipinski definition) is 3. The lowest BCUT2D eigenvalue weighted by Gasteiger charge is -2.35. The summed E-state index contributed by atoms with van der Waals surface area (Å²) >= 11 is 0. The minimum atomic E-state index is 0.0199. The van der Waals surface area contributed by atoms with E-state index in [1.165, 1.54) is 0 Å². The zero-order chi connectivity index (χ0) is 10.1. The van der Waals surface area contributed by atoms with Gasteiger partial charge in [-0.1, -0.05) is 0 Å². The van der Waals surface area contributed by atoms with E-state index in [1.807, 2.05) is 14.0 Å². The molecule has 1 amide bonds. The standard InChI is InChI=1S/C9H14N4O/c1-6-3-11-12-8(6)9(14)13(2)7-4-10-5-7/h3,7,10H,4-5H2,1-2H3,(H,11,12). The normalized spacial score (nSPS) is 16.4. The molecule has 1 saturated heterocycles. The van der Waals surface area contributed by atoms with Crippen LogP contribution in [0.25, 0.3) is 0 Å². The van der Waals surface area contributed by atoms with Crippen molar-refractivity contribution in [3.63, 3.8) is 0 Å². The maximum Gasteiger partial charge on any atom is 0.272 e. The molecule has 0 bridgehead atoms. The van der Waals surface area contributed by atoms with Crippen molar-refractivity contribution in [1.29, 1.82) is 0 Å². The van der Waals surface area contributed by atoms with Crippen molar-refractivity contribution in [2.24, 2.45) is 0 Å². The quantitative estimate of drug-likeness (QED) is 0.683. The minimum Gasteiger partial charge on any atom is -0.335 e. The SMILES string of the molecule is Cc1cn[nH]c1C(=O)N(C)C1CNC1. The van der Waals surface area contributed by atoms with Crippen LogP contribution in [0.4, 0.5) is 0 Å². The van der Waals surface area contributed by atoms with Crippen LogP contribution in [0.2, 0.25) is 0 Å². The zero-order valence-electron chi connectivity index (χ0n) is 8.37. The molecule has 1 fully saturated rings. The molecule has 0 atom stereocenters. The van der Waals surface area contributed by atoms with Crippen LogP contribution >= 0.6 is 0 Å². The van der Waals surface area contributed by atoms with Crippen LogP contribution in [0.15, 0.2) is 6.20 Å². The van der Waals surface area contributed by atoms with Gasteiger partial charge in [-0.2, -0.15) is 5.10 Å². The summed E-state index contributed by atoms with van der Waals surface area (Å²) in [5, 5.41) is 9.70. The Morgan fingerprint density at radius 3 is 2.79 bits per heavy atom. The summed E-state index contributed by atoms with van der Waals surface area (Å²) < 4.78 is 0. The highest BCUT2D eigenvalue weighted by Gasteiger charge is 2.27. The van der Waals surface area contributed by atoms with Crippen LogP contribution in [-0.4, -0.2) is 47.2 Å². The number of aromatic amines is 1. The van der Waals surface area contributed by atoms with E-state index in [0.29, 0.717) is 11.7 Å². The molecule has 0 radical (unpaired) electrons. The predicted octanol–water partition coefficient (Wildman–Crippen LogP) is -0.238. The number of carbonyl (C=O) groups is 1. The van der Waals surface area contributed by atoms with Crippen molar-refractivity contribution in [1.82, 2.24) is 20.4 Å². The van der Waals surface area contributed by atoms with Crippen LogP contribution in [0.5, 0.6) is 0 Å². The van der Waals surface area contributed by atoms with E-state index in [0.717, 1.165) is 18.7 Å². The molecule has 2 rings (SSSR count). The number of nitrogens with one attached hydrogen (secondary N) is 2. The van der Waals surface area contributed by atoms with Crippen molar-refractivity contribution < 1.29 is 4.79 Å². The summed E-state index contributed by atoms with van der Waals surface area (Å²) in [6, 6.07) is 0.324. The van der Waals surface area contributed by atoms with Gasteiger partial charge in [-0.15, -0.1) is 0 Å². The molecule has 0 spiro atoms. The Labute approximate surface area is 82.5 Å². The molecule has 1 aliphatic rings. The summed E-state index contributed by atoms with van der Waals surface area (Å²) in [6.45, 7) is 3.65. The molecule has 0 unspecified atom stereocenters. The second-order valence-corrected chi connectivity index (χ2v) is 3.66. The number of H-pyrrole nitrogens is 1. The van der Waals surface area contributed by atoms with Crippen molar-refractivity contribution in [2.75, 3.05) is 20.1 Å². The van der Waals surface area contributed by atoms with E-state index in [2.05, 4.69) is 15.5 Å². The van der Waals surface area contributed by atoms with Gasteiger partial charge in [0.1, 0.15) is 5.69 Å². The lowest BCUT2D eigenvalue weighted by Crippen LogP contribution is -2.57. The largest absolute Gasteiger partial charge is 0.335 e. The van der Waals surface area contributed by atoms with Gasteiger partial charge in [0.2, 0.25) is 0 Å². The first-order chi connectivity index (χ1) is 6.70. The van der Waals surface area contributed by atoms with Gasteiger partial charge in [0.25, 0.3) is 5.91 Å². The van der Waals surface area contributed by atoms with Crippen LogP contribution in [0, 0.1) is 6.92 Å². The average molecular weight is 194 g/mol. The van der Waals surface area contributed by atoms with E-state index in [-0.39, 0.29) is 5.91 Å². The molecule has 0 aromatic carbocycles. The maximum atomic E-state index is 11.9. The van der Waals surface area contributed by atoms with Gasteiger partial charge in [-0.25, -0.2) is 0 Å². The van der Waals surface area contributed by atoms with Crippen LogP contribution < -0.4 is 5.32 Å². The second-order valence-electron chi connectivity index (χ2n) is 3.66. The Bertz CT molecular complexity index is 342. The van der Waals surface area contributed by atoms with Crippen molar-refractivity contribution in [3.8, 4) is 0 Å². The first-order valence-corrected chi connectivity index (χ1v) is 4.68. The molecular formula is C9H14N4O. The third-order valence-corrected chi connectivity index (χ3v) is 2.67. The molecule has 0 saturated carbocycles. The smallest absolute Gasteiger partial charge is 0.272 e. The maximum absolute atomic E-state index is 11.9. The minimum absolute atomic E-state index is 0.0199. The van der Waals surface area contributed by atoms with Gasteiger partial charge in [0.05, 0.1) is 12.2 Å². The van der Waals surface area contributed by atoms with Crippen LogP contribution in [0.1, 0.15) is 16.1 Å². The first-order valence-electron chi connectivity index (χ1n) is 4.68. The topological polar surface area (TPSA) is 61.0 Å². The fourth-order valence-electron chi connectivity index (χ4n) is 1.45. The monoisotopic (exact) mass is 194 g/mol. The van der Waals surface area contributed by atoms with Crippen molar-refractivity contribution in [3.05, 3.63) is 17.5 Å². The molecule has 5 heteroatoms. The molecular weight excluding hydrogens is 180 g/mol. The molecule has 76 valence electrons. The Balaban J connectivity index is 2.11. The number of carbonyl (C=O) groups excluding carboxylic acids is 1. The molecule has 1 aromatic heterocycles. The van der Waals surface area contributed by atoms with E-state index >= 15 is 0 Å². The Kier molecular flexibility index (Phi) is 2.25. The van der Waals surface area contributed by atoms with Gasteiger partial charge in [-0.05, 0) is 12.5 Å². The lowest BCUT2D eigenvalue weighted by atomic mass is 10.1. The fraction of sp³-hybridized carbons (Fsp3) is 0.556. The van der Waals surface area contributed by atoms with E-state index < -0.39 is 0 Å². The molecule has 0 aliphatic carbocycles. The van der Waals surface area contributed by atoms with Gasteiger partial charge >= 0.3 is 0 Å². The van der Waals surface area contributed by atoms with Crippen LogP contribution in [0.3, 0.4) is 0 Å². The number of rotatable bonds is 2. The predicted molar refractivity (Wildman–Crippen MR) is 52.1 cm³/mol. The van der Waals surface area contributed by atoms with Gasteiger partial charge < -0.3 is 10.2 Å². The molecule has 1 aromatic rings. The highest BCUT2D eigenvalue weighted by Crippen LogP contribution is 2.10. The average Bonchev–Trinajstić information content (AvgIpc) is 2.47. The molecule has 5 nitrogen and oxygen atoms in total. The fourth-order valence-corrected chi connectivity index (χ4v) is 1.45. The lowest BCUT2D eigenvalue weighted by molar-refractivity contribution is 0.0674. The van der Waals surface area contributed by atoms with E-state index in [4.69, 9.17) is 0 Å². The second kappa shape index (κ2) is 3.42. The third kappa shape index (κ3) is 1.39. The number of aromatic nitrogens is 2. The van der Waals surface area contributed by atoms with Crippen LogP contribution in [-0.2, 0) is 0 Å². The van der Waals surface area contributed by atoms with Gasteiger partial charge in [-0.3, -0.25) is 9.89 Å². The first kappa shape index (κ1) is 9.21. The summed E-state index contributed by atoms with van der Waals surface area (Å²) in [6.07, 6.45) is 1.67. The molecule has 2 N–H and O–H groups in total. The molecule has 2 heterocycles. The summed E-state index contributed by atoms with van der Waals surface area (Å²) in [5.74, 6) is 0.0199. The molecule has 1 aliphatic heterocycles. The van der Waals surface area contributed by atoms with E-state index in [9.17, 15) is 4.79 Å². The Morgan fingerprint density at radius 2 is 2.36 bits per heavy atom.